The number of nitrogens with zero attached hydrogens (tertiary/aromatic N) is 3. The van der Waals surface area contributed by atoms with E-state index < -0.39 is 0 Å². The zero-order valence-electron chi connectivity index (χ0n) is 9.32. The van der Waals surface area contributed by atoms with Crippen LogP contribution in [0.4, 0.5) is 0 Å². The van der Waals surface area contributed by atoms with Gasteiger partial charge in [0, 0.05) is 33.0 Å². The molecule has 1 aromatic rings. The maximum Gasteiger partial charge on any atom is 0.236 e. The average Bonchev–Trinajstić information content (AvgIpc) is 2.20. The Bertz CT molecular complexity index is 321. The van der Waals surface area contributed by atoms with Gasteiger partial charge in [-0.1, -0.05) is 0 Å². The molecule has 5 heteroatoms. The van der Waals surface area contributed by atoms with Gasteiger partial charge < -0.3 is 10.2 Å². The average molecular weight is 208 g/mol. The molecule has 5 nitrogen and oxygen atoms in total. The second-order valence-electron chi connectivity index (χ2n) is 3.54. The lowest BCUT2D eigenvalue weighted by molar-refractivity contribution is -0.127. The third-order valence-corrected chi connectivity index (χ3v) is 1.92. The molecule has 1 aromatic heterocycles. The van der Waals surface area contributed by atoms with E-state index >= 15 is 0 Å². The highest BCUT2D eigenvalue weighted by Crippen LogP contribution is 1.92. The molecule has 0 radical (unpaired) electrons. The molecule has 0 spiro atoms. The van der Waals surface area contributed by atoms with Crippen molar-refractivity contribution in [3.8, 4) is 0 Å². The minimum Gasteiger partial charge on any atom is -0.348 e. The molecule has 82 valence electrons. The highest BCUT2D eigenvalue weighted by atomic mass is 16.2. The fourth-order valence-corrected chi connectivity index (χ4v) is 0.966. The minimum atomic E-state index is 0.0510. The van der Waals surface area contributed by atoms with Crippen LogP contribution in [0.15, 0.2) is 12.4 Å². The summed E-state index contributed by atoms with van der Waals surface area (Å²) in [6.45, 7) is 2.77. The van der Waals surface area contributed by atoms with Gasteiger partial charge in [0.05, 0.1) is 17.9 Å². The Morgan fingerprint density at radius 3 is 2.67 bits per heavy atom. The topological polar surface area (TPSA) is 58.1 Å². The summed E-state index contributed by atoms with van der Waals surface area (Å²) in [4.78, 5) is 21.0. The molecule has 0 aliphatic heterocycles. The summed E-state index contributed by atoms with van der Waals surface area (Å²) in [7, 11) is 3.46. The maximum atomic E-state index is 11.2. The van der Waals surface area contributed by atoms with Crippen molar-refractivity contribution in [3.05, 3.63) is 23.8 Å². The zero-order valence-corrected chi connectivity index (χ0v) is 9.32. The molecule has 0 bridgehead atoms. The van der Waals surface area contributed by atoms with E-state index in [2.05, 4.69) is 15.3 Å². The van der Waals surface area contributed by atoms with Crippen LogP contribution in [0.25, 0.3) is 0 Å². The third-order valence-electron chi connectivity index (χ3n) is 1.92. The lowest BCUT2D eigenvalue weighted by Crippen LogP contribution is -2.32. The van der Waals surface area contributed by atoms with Crippen LogP contribution >= 0.6 is 0 Å². The van der Waals surface area contributed by atoms with Crippen molar-refractivity contribution in [2.24, 2.45) is 0 Å². The van der Waals surface area contributed by atoms with Crippen molar-refractivity contribution in [1.82, 2.24) is 20.2 Å². The van der Waals surface area contributed by atoms with Gasteiger partial charge in [0.25, 0.3) is 0 Å². The Balaban J connectivity index is 2.32. The lowest BCUT2D eigenvalue weighted by Gasteiger charge is -2.10. The van der Waals surface area contributed by atoms with Gasteiger partial charge in [0.1, 0.15) is 0 Å². The first-order chi connectivity index (χ1) is 7.09. The van der Waals surface area contributed by atoms with Gasteiger partial charge in [-0.2, -0.15) is 0 Å². The highest BCUT2D eigenvalue weighted by Gasteiger charge is 2.02. The molecule has 1 rings (SSSR count). The fraction of sp³-hybridized carbons (Fsp3) is 0.500. The fourth-order valence-electron chi connectivity index (χ4n) is 0.966. The monoisotopic (exact) mass is 208 g/mol. The van der Waals surface area contributed by atoms with Crippen LogP contribution in [-0.4, -0.2) is 41.4 Å². The van der Waals surface area contributed by atoms with Crippen molar-refractivity contribution < 1.29 is 4.79 Å². The molecule has 0 aliphatic rings. The van der Waals surface area contributed by atoms with Gasteiger partial charge in [0.15, 0.2) is 0 Å². The van der Waals surface area contributed by atoms with Crippen molar-refractivity contribution in [3.63, 3.8) is 0 Å². The maximum absolute atomic E-state index is 11.2. The number of likely N-dealkylation sites (N-methyl/N-ethyl adjacent to an activating group) is 1. The summed E-state index contributed by atoms with van der Waals surface area (Å²) in [6, 6.07) is 0. The van der Waals surface area contributed by atoms with E-state index in [9.17, 15) is 4.79 Å². The predicted octanol–water partition coefficient (Wildman–Crippen LogP) is -0.0372. The molecule has 1 N–H and O–H groups in total. The predicted molar refractivity (Wildman–Crippen MR) is 57.2 cm³/mol. The summed E-state index contributed by atoms with van der Waals surface area (Å²) in [6.07, 6.45) is 3.42. The highest BCUT2D eigenvalue weighted by molar-refractivity contribution is 5.77. The van der Waals surface area contributed by atoms with E-state index in [4.69, 9.17) is 0 Å². The summed E-state index contributed by atoms with van der Waals surface area (Å²) in [5, 5.41) is 3.01. The Morgan fingerprint density at radius 1 is 1.40 bits per heavy atom. The first-order valence-electron chi connectivity index (χ1n) is 4.78. The van der Waals surface area contributed by atoms with E-state index in [1.165, 1.54) is 0 Å². The number of amides is 1. The minimum absolute atomic E-state index is 0.0510. The number of carbonyl (C=O) groups excluding carboxylic acids is 1. The summed E-state index contributed by atoms with van der Waals surface area (Å²) < 4.78 is 0. The molecule has 1 amide bonds. The Kier molecular flexibility index (Phi) is 4.17. The number of aryl methyl sites for hydroxylation is 1. The first-order valence-corrected chi connectivity index (χ1v) is 4.78. The number of rotatable bonds is 4. The summed E-state index contributed by atoms with van der Waals surface area (Å²) in [5.74, 6) is 0.0510. The second kappa shape index (κ2) is 5.41. The van der Waals surface area contributed by atoms with Gasteiger partial charge in [0.2, 0.25) is 5.91 Å². The number of hydrogen-bond donors (Lipinski definition) is 1. The van der Waals surface area contributed by atoms with Crippen LogP contribution in [0.3, 0.4) is 0 Å². The van der Waals surface area contributed by atoms with E-state index in [-0.39, 0.29) is 5.91 Å². The molecular weight excluding hydrogens is 192 g/mol. The number of hydrogen-bond acceptors (Lipinski definition) is 4. The quantitative estimate of drug-likeness (QED) is 0.754. The van der Waals surface area contributed by atoms with E-state index in [1.54, 1.807) is 31.4 Å². The molecule has 0 fully saturated rings. The van der Waals surface area contributed by atoms with Crippen LogP contribution in [0.1, 0.15) is 11.4 Å². The van der Waals surface area contributed by atoms with E-state index in [1.807, 2.05) is 6.92 Å². The molecule has 0 aliphatic carbocycles. The van der Waals surface area contributed by atoms with Crippen LogP contribution in [0.5, 0.6) is 0 Å². The Morgan fingerprint density at radius 2 is 2.13 bits per heavy atom. The normalized spacial score (nSPS) is 10.1. The molecule has 0 unspecified atom stereocenters. The second-order valence-corrected chi connectivity index (χ2v) is 3.54. The van der Waals surface area contributed by atoms with E-state index in [0.29, 0.717) is 13.1 Å². The third kappa shape index (κ3) is 4.03. The van der Waals surface area contributed by atoms with Gasteiger partial charge in [-0.15, -0.1) is 0 Å². The van der Waals surface area contributed by atoms with Gasteiger partial charge in [-0.05, 0) is 6.92 Å². The molecule has 0 atom stereocenters. The van der Waals surface area contributed by atoms with Crippen molar-refractivity contribution in [2.75, 3.05) is 20.6 Å². The smallest absolute Gasteiger partial charge is 0.236 e. The molecule has 15 heavy (non-hydrogen) atoms. The van der Waals surface area contributed by atoms with Gasteiger partial charge >= 0.3 is 0 Å². The molecule has 0 aromatic carbocycles. The van der Waals surface area contributed by atoms with Crippen molar-refractivity contribution in [2.45, 2.75) is 13.5 Å². The van der Waals surface area contributed by atoms with Crippen LogP contribution in [0.2, 0.25) is 0 Å². The molecule has 0 saturated heterocycles. The molecular formula is C10H16N4O. The number of nitrogens with one attached hydrogen (secondary N) is 1. The number of carbonyl (C=O) groups is 1. The van der Waals surface area contributed by atoms with Crippen molar-refractivity contribution in [1.29, 1.82) is 0 Å². The standard InChI is InChI=1S/C10H16N4O/c1-8-4-13-9(6-12-8)5-11-7-10(15)14(2)3/h4,6,11H,5,7H2,1-3H3. The van der Waals surface area contributed by atoms with Crippen LogP contribution in [-0.2, 0) is 11.3 Å². The van der Waals surface area contributed by atoms with Gasteiger partial charge in [-0.25, -0.2) is 0 Å². The lowest BCUT2D eigenvalue weighted by atomic mass is 10.4. The van der Waals surface area contributed by atoms with Gasteiger partial charge in [-0.3, -0.25) is 14.8 Å². The van der Waals surface area contributed by atoms with Crippen molar-refractivity contribution >= 4 is 5.91 Å². The Hall–Kier alpha value is -1.49. The molecule has 0 saturated carbocycles. The van der Waals surface area contributed by atoms with Crippen LogP contribution < -0.4 is 5.32 Å². The van der Waals surface area contributed by atoms with E-state index in [0.717, 1.165) is 11.4 Å². The zero-order chi connectivity index (χ0) is 11.3. The molecule has 1 heterocycles. The number of aromatic nitrogens is 2. The van der Waals surface area contributed by atoms with Crippen LogP contribution in [0, 0.1) is 6.92 Å². The first kappa shape index (κ1) is 11.6. The Labute approximate surface area is 89.5 Å². The largest absolute Gasteiger partial charge is 0.348 e. The SMILES string of the molecule is Cc1cnc(CNCC(=O)N(C)C)cn1. The summed E-state index contributed by atoms with van der Waals surface area (Å²) >= 11 is 0. The summed E-state index contributed by atoms with van der Waals surface area (Å²) in [5.41, 5.74) is 1.73.